The first kappa shape index (κ1) is 30.8. The predicted octanol–water partition coefficient (Wildman–Crippen LogP) is 5.75. The Kier molecular flexibility index (Phi) is 8.46. The van der Waals surface area contributed by atoms with Crippen LogP contribution in [0.5, 0.6) is 0 Å². The van der Waals surface area contributed by atoms with Gasteiger partial charge in [0.25, 0.3) is 0 Å². The molecule has 0 saturated carbocycles. The number of halogens is 4. The third-order valence-electron chi connectivity index (χ3n) is 7.39. The summed E-state index contributed by atoms with van der Waals surface area (Å²) in [7, 11) is -1.74. The van der Waals surface area contributed by atoms with Crippen molar-refractivity contribution in [2.24, 2.45) is 0 Å². The van der Waals surface area contributed by atoms with Crippen LogP contribution in [0.3, 0.4) is 0 Å². The maximum Gasteiger partial charge on any atom is 0.416 e. The molecule has 12 heteroatoms. The largest absolute Gasteiger partial charge is 0.416 e. The first-order valence-electron chi connectivity index (χ1n) is 12.9. The minimum absolute atomic E-state index is 0.245. The first-order chi connectivity index (χ1) is 19.0. The van der Waals surface area contributed by atoms with Gasteiger partial charge in [0.05, 0.1) is 29.1 Å². The first-order valence-corrected chi connectivity index (χ1v) is 15.2. The second-order valence-electron chi connectivity index (χ2n) is 10.8. The number of likely N-dealkylation sites (N-methyl/N-ethyl adjacent to an activating group) is 1. The van der Waals surface area contributed by atoms with Crippen LogP contribution in [0.15, 0.2) is 54.7 Å². The number of hydrogen-bond acceptors (Lipinski definition) is 5. The lowest BCUT2D eigenvalue weighted by Gasteiger charge is -2.35. The van der Waals surface area contributed by atoms with Gasteiger partial charge in [-0.1, -0.05) is 41.4 Å². The second-order valence-corrected chi connectivity index (χ2v) is 13.2. The van der Waals surface area contributed by atoms with Crippen LogP contribution in [0.25, 0.3) is 11.1 Å². The number of nitrogens with zero attached hydrogens (tertiary/aromatic N) is 4. The van der Waals surface area contributed by atoms with Gasteiger partial charge < -0.3 is 9.80 Å². The van der Waals surface area contributed by atoms with Crippen LogP contribution >= 0.6 is 11.6 Å². The molecule has 41 heavy (non-hydrogen) atoms. The smallest absolute Gasteiger partial charge is 0.354 e. The van der Waals surface area contributed by atoms with Crippen molar-refractivity contribution in [2.75, 3.05) is 49.3 Å². The van der Waals surface area contributed by atoms with E-state index in [0.717, 1.165) is 12.1 Å². The molecule has 1 saturated heterocycles. The van der Waals surface area contributed by atoms with E-state index in [1.54, 1.807) is 58.3 Å². The number of piperazine rings is 1. The van der Waals surface area contributed by atoms with Crippen LogP contribution in [-0.4, -0.2) is 63.1 Å². The number of alkyl halides is 3. The van der Waals surface area contributed by atoms with Crippen LogP contribution in [0, 0.1) is 6.92 Å². The van der Waals surface area contributed by atoms with Crippen molar-refractivity contribution in [1.29, 1.82) is 0 Å². The fourth-order valence-corrected chi connectivity index (χ4v) is 6.05. The molecule has 1 aromatic heterocycles. The molecule has 0 spiro atoms. The molecule has 3 aromatic rings. The number of sulfonamides is 1. The molecule has 1 aliphatic rings. The minimum atomic E-state index is -4.55. The van der Waals surface area contributed by atoms with Crippen molar-refractivity contribution in [3.63, 3.8) is 0 Å². The Labute approximate surface area is 243 Å². The van der Waals surface area contributed by atoms with Gasteiger partial charge in [0, 0.05) is 49.4 Å². The number of anilines is 2. The summed E-state index contributed by atoms with van der Waals surface area (Å²) >= 11 is 6.57. The summed E-state index contributed by atoms with van der Waals surface area (Å²) < 4.78 is 66.0. The molecule has 1 amide bonds. The van der Waals surface area contributed by atoms with Gasteiger partial charge in [0.15, 0.2) is 0 Å². The van der Waals surface area contributed by atoms with Crippen LogP contribution in [0.1, 0.15) is 30.5 Å². The normalized spacial score (nSPS) is 15.2. The van der Waals surface area contributed by atoms with Gasteiger partial charge in [-0.15, -0.1) is 0 Å². The Bertz CT molecular complexity index is 1570. The number of aromatic nitrogens is 1. The number of carbonyl (C=O) groups is 1. The molecule has 220 valence electrons. The molecular weight excluding hydrogens is 577 g/mol. The number of amides is 1. The third kappa shape index (κ3) is 6.52. The fourth-order valence-electron chi connectivity index (χ4n) is 4.98. The highest BCUT2D eigenvalue weighted by atomic mass is 35.5. The molecule has 0 N–H and O–H groups in total. The molecule has 0 atom stereocenters. The topological polar surface area (TPSA) is 73.8 Å². The molecule has 1 aliphatic heterocycles. The molecular formula is C29H32ClF3N4O3S. The Morgan fingerprint density at radius 2 is 1.59 bits per heavy atom. The zero-order valence-corrected chi connectivity index (χ0v) is 25.0. The molecule has 7 nitrogen and oxygen atoms in total. The van der Waals surface area contributed by atoms with Crippen LogP contribution in [0.2, 0.25) is 5.02 Å². The Morgan fingerprint density at radius 3 is 2.17 bits per heavy atom. The quantitative estimate of drug-likeness (QED) is 0.356. The summed E-state index contributed by atoms with van der Waals surface area (Å²) in [6.07, 6.45) is -1.82. The average molecular weight is 609 g/mol. The molecule has 0 aliphatic carbocycles. The maximum absolute atomic E-state index is 13.9. The summed E-state index contributed by atoms with van der Waals surface area (Å²) in [5.74, 6) is 0.159. The lowest BCUT2D eigenvalue weighted by atomic mass is 9.81. The van der Waals surface area contributed by atoms with E-state index in [0.29, 0.717) is 59.4 Å². The van der Waals surface area contributed by atoms with Crippen molar-refractivity contribution in [1.82, 2.24) is 9.29 Å². The van der Waals surface area contributed by atoms with E-state index < -0.39 is 33.1 Å². The second kappa shape index (κ2) is 11.3. The molecule has 1 fully saturated rings. The lowest BCUT2D eigenvalue weighted by Crippen LogP contribution is -2.48. The Hall–Kier alpha value is -3.15. The van der Waals surface area contributed by atoms with Crippen LogP contribution in [0.4, 0.5) is 24.7 Å². The molecule has 2 heterocycles. The van der Waals surface area contributed by atoms with Crippen molar-refractivity contribution in [3.8, 4) is 11.1 Å². The van der Waals surface area contributed by atoms with Crippen LogP contribution < -0.4 is 9.80 Å². The van der Waals surface area contributed by atoms with Gasteiger partial charge >= 0.3 is 6.18 Å². The van der Waals surface area contributed by atoms with Gasteiger partial charge in [-0.05, 0) is 50.6 Å². The fraction of sp³-hybridized carbons (Fsp3) is 0.379. The van der Waals surface area contributed by atoms with Crippen molar-refractivity contribution < 1.29 is 26.4 Å². The molecule has 0 bridgehead atoms. The van der Waals surface area contributed by atoms with Gasteiger partial charge in [0.1, 0.15) is 5.82 Å². The van der Waals surface area contributed by atoms with E-state index in [1.807, 2.05) is 17.0 Å². The highest BCUT2D eigenvalue weighted by Crippen LogP contribution is 2.40. The summed E-state index contributed by atoms with van der Waals surface area (Å²) in [4.78, 5) is 21.9. The number of pyridine rings is 1. The van der Waals surface area contributed by atoms with Crippen molar-refractivity contribution >= 4 is 39.0 Å². The summed E-state index contributed by atoms with van der Waals surface area (Å²) in [6, 6.07) is 12.6. The van der Waals surface area contributed by atoms with Gasteiger partial charge in [0.2, 0.25) is 15.9 Å². The highest BCUT2D eigenvalue weighted by Gasteiger charge is 2.38. The minimum Gasteiger partial charge on any atom is -0.354 e. The van der Waals surface area contributed by atoms with Crippen LogP contribution in [-0.2, 0) is 26.4 Å². The van der Waals surface area contributed by atoms with E-state index in [9.17, 15) is 26.4 Å². The lowest BCUT2D eigenvalue weighted by molar-refractivity contribution is -0.137. The zero-order chi connectivity index (χ0) is 30.3. The van der Waals surface area contributed by atoms with Crippen molar-refractivity contribution in [3.05, 3.63) is 76.4 Å². The third-order valence-corrected chi connectivity index (χ3v) is 9.02. The number of aryl methyl sites for hydroxylation is 1. The monoisotopic (exact) mass is 608 g/mol. The van der Waals surface area contributed by atoms with Crippen molar-refractivity contribution in [2.45, 2.75) is 32.4 Å². The number of carbonyl (C=O) groups excluding carboxylic acids is 1. The Morgan fingerprint density at radius 1 is 0.976 bits per heavy atom. The summed E-state index contributed by atoms with van der Waals surface area (Å²) in [6.45, 7) is 6.24. The maximum atomic E-state index is 13.9. The van der Waals surface area contributed by atoms with Gasteiger partial charge in [-0.3, -0.25) is 4.79 Å². The summed E-state index contributed by atoms with van der Waals surface area (Å²) in [5, 5.41) is 0.446. The summed E-state index contributed by atoms with van der Waals surface area (Å²) in [5.41, 5.74) is 0.214. The van der Waals surface area contributed by atoms with E-state index in [1.165, 1.54) is 15.5 Å². The standard InChI is InChI=1S/C29H32ClF3N4O3S/c1-19-14-20(16-21(15-19)29(31,32)33)28(2,3)27(38)35(4)25-18-34-26(17-23(25)22-8-6-7-9-24(22)30)36-10-12-37(13-11-36)41(5,39)40/h6-9,14-18H,10-13H2,1-5H3. The van der Waals surface area contributed by atoms with Gasteiger partial charge in [-0.25, -0.2) is 13.4 Å². The van der Waals surface area contributed by atoms with E-state index in [-0.39, 0.29) is 5.56 Å². The van der Waals surface area contributed by atoms with E-state index in [2.05, 4.69) is 4.98 Å². The molecule has 4 rings (SSSR count). The molecule has 0 radical (unpaired) electrons. The molecule has 2 aromatic carbocycles. The SMILES string of the molecule is Cc1cc(C(F)(F)F)cc(C(C)(C)C(=O)N(C)c2cnc(N3CCN(S(C)(=O)=O)CC3)cc2-c2ccccc2Cl)c1. The zero-order valence-electron chi connectivity index (χ0n) is 23.5. The number of benzene rings is 2. The molecule has 0 unspecified atom stereocenters. The highest BCUT2D eigenvalue weighted by molar-refractivity contribution is 7.88. The Balaban J connectivity index is 1.74. The average Bonchev–Trinajstić information content (AvgIpc) is 2.91. The van der Waals surface area contributed by atoms with Gasteiger partial charge in [-0.2, -0.15) is 17.5 Å². The van der Waals surface area contributed by atoms with E-state index in [4.69, 9.17) is 11.6 Å². The number of hydrogen-bond donors (Lipinski definition) is 0. The number of rotatable bonds is 6. The van der Waals surface area contributed by atoms with E-state index >= 15 is 0 Å². The predicted molar refractivity (Wildman–Crippen MR) is 156 cm³/mol.